The second-order valence-corrected chi connectivity index (χ2v) is 6.34. The van der Waals surface area contributed by atoms with Gasteiger partial charge in [0.15, 0.2) is 5.60 Å². The second kappa shape index (κ2) is 7.08. The van der Waals surface area contributed by atoms with Crippen LogP contribution in [0.1, 0.15) is 17.5 Å². The fourth-order valence-electron chi connectivity index (χ4n) is 3.13. The first-order chi connectivity index (χ1) is 13.2. The predicted octanol–water partition coefficient (Wildman–Crippen LogP) is 3.94. The molecule has 0 amide bonds. The van der Waals surface area contributed by atoms with E-state index in [0.717, 1.165) is 30.0 Å². The van der Waals surface area contributed by atoms with E-state index in [1.807, 2.05) is 0 Å². The zero-order valence-corrected chi connectivity index (χ0v) is 14.4. The van der Waals surface area contributed by atoms with Gasteiger partial charge in [0, 0.05) is 42.2 Å². The van der Waals surface area contributed by atoms with E-state index in [0.29, 0.717) is 0 Å². The molecule has 6 nitrogen and oxygen atoms in total. The topological polar surface area (TPSA) is 85.4 Å². The number of benzene rings is 2. The first-order valence-electron chi connectivity index (χ1n) is 8.22. The molecule has 3 aromatic rings. The van der Waals surface area contributed by atoms with E-state index in [1.165, 1.54) is 4.57 Å². The summed E-state index contributed by atoms with van der Waals surface area (Å²) in [5.74, 6) is 0. The number of rotatable bonds is 6. The maximum atomic E-state index is 13.6. The molecule has 1 aromatic heterocycles. The van der Waals surface area contributed by atoms with Crippen molar-refractivity contribution in [3.8, 4) is 0 Å². The Morgan fingerprint density at radius 2 is 1.82 bits per heavy atom. The van der Waals surface area contributed by atoms with Crippen LogP contribution in [0, 0.1) is 10.1 Å². The summed E-state index contributed by atoms with van der Waals surface area (Å²) >= 11 is 0. The van der Waals surface area contributed by atoms with Crippen molar-refractivity contribution >= 4 is 22.9 Å². The van der Waals surface area contributed by atoms with E-state index in [-0.39, 0.29) is 29.4 Å². The molecule has 2 aromatic carbocycles. The number of alkyl halides is 3. The molecule has 0 aliphatic carbocycles. The molecule has 1 N–H and O–H groups in total. The maximum absolute atomic E-state index is 13.6. The van der Waals surface area contributed by atoms with Gasteiger partial charge >= 0.3 is 6.18 Å². The molecular weight excluding hydrogens is 377 g/mol. The van der Waals surface area contributed by atoms with Crippen LogP contribution in [0.2, 0.25) is 0 Å². The van der Waals surface area contributed by atoms with Gasteiger partial charge in [-0.2, -0.15) is 13.2 Å². The van der Waals surface area contributed by atoms with Crippen LogP contribution < -0.4 is 0 Å². The van der Waals surface area contributed by atoms with E-state index in [1.54, 1.807) is 30.3 Å². The molecule has 0 saturated carbocycles. The minimum absolute atomic E-state index is 0.000745. The first-order valence-corrected chi connectivity index (χ1v) is 8.22. The Bertz CT molecular complexity index is 1030. The largest absolute Gasteiger partial charge is 0.421 e. The normalized spacial score (nSPS) is 14.0. The lowest BCUT2D eigenvalue weighted by atomic mass is 9.90. The molecule has 1 heterocycles. The van der Waals surface area contributed by atoms with Gasteiger partial charge in [-0.1, -0.05) is 30.3 Å². The summed E-state index contributed by atoms with van der Waals surface area (Å²) in [7, 11) is 0. The molecule has 0 bridgehead atoms. The lowest BCUT2D eigenvalue weighted by Gasteiger charge is -2.28. The quantitative estimate of drug-likeness (QED) is 0.391. The van der Waals surface area contributed by atoms with Crippen molar-refractivity contribution < 1.29 is 28.0 Å². The average Bonchev–Trinajstić information content (AvgIpc) is 3.00. The van der Waals surface area contributed by atoms with Crippen molar-refractivity contribution in [2.75, 3.05) is 0 Å². The van der Waals surface area contributed by atoms with E-state index >= 15 is 0 Å². The fraction of sp³-hybridized carbons (Fsp3) is 0.211. The van der Waals surface area contributed by atoms with E-state index in [9.17, 15) is 33.2 Å². The Morgan fingerprint density at radius 3 is 2.39 bits per heavy atom. The van der Waals surface area contributed by atoms with Gasteiger partial charge in [-0.3, -0.25) is 10.1 Å². The molecule has 3 rings (SSSR count). The van der Waals surface area contributed by atoms with Crippen LogP contribution in [0.25, 0.3) is 10.9 Å². The summed E-state index contributed by atoms with van der Waals surface area (Å²) < 4.78 is 42.3. The van der Waals surface area contributed by atoms with Gasteiger partial charge in [-0.15, -0.1) is 0 Å². The Hall–Kier alpha value is -3.20. The number of nitrogens with zero attached hydrogens (tertiary/aromatic N) is 2. The molecular formula is C19H15F3N2O4. The highest BCUT2D eigenvalue weighted by atomic mass is 19.4. The zero-order chi connectivity index (χ0) is 20.5. The van der Waals surface area contributed by atoms with E-state index in [4.69, 9.17) is 0 Å². The fourth-order valence-corrected chi connectivity index (χ4v) is 3.13. The minimum atomic E-state index is -5.11. The number of aliphatic hydroxyl groups is 1. The molecule has 1 atom stereocenters. The highest BCUT2D eigenvalue weighted by Crippen LogP contribution is 2.44. The molecule has 28 heavy (non-hydrogen) atoms. The maximum Gasteiger partial charge on any atom is 0.421 e. The van der Waals surface area contributed by atoms with Crippen molar-refractivity contribution in [1.29, 1.82) is 0 Å². The summed E-state index contributed by atoms with van der Waals surface area (Å²) in [6.45, 7) is 0.132. The molecule has 0 radical (unpaired) electrons. The molecule has 0 spiro atoms. The van der Waals surface area contributed by atoms with Crippen molar-refractivity contribution in [2.24, 2.45) is 0 Å². The van der Waals surface area contributed by atoms with Crippen LogP contribution in [-0.4, -0.2) is 27.1 Å². The highest BCUT2D eigenvalue weighted by molar-refractivity contribution is 5.87. The number of aldehydes is 1. The Morgan fingerprint density at radius 1 is 1.14 bits per heavy atom. The van der Waals surface area contributed by atoms with Crippen molar-refractivity contribution in [2.45, 2.75) is 24.7 Å². The molecule has 146 valence electrons. The van der Waals surface area contributed by atoms with Crippen LogP contribution in [0.4, 0.5) is 18.9 Å². The lowest BCUT2D eigenvalue weighted by molar-refractivity contribution is -0.384. The standard InChI is InChI=1S/C19H15F3N2O4/c20-19(21,22)18(26,8-9-25)16-12-23(11-13-4-2-1-3-5-13)17-10-14(24(27)28)6-7-15(16)17/h1-7,9-10,12,26H,8,11H2. The summed E-state index contributed by atoms with van der Waals surface area (Å²) in [6.07, 6.45) is -5.20. The molecule has 9 heteroatoms. The molecule has 0 fully saturated rings. The van der Waals surface area contributed by atoms with E-state index < -0.39 is 28.7 Å². The second-order valence-electron chi connectivity index (χ2n) is 6.34. The van der Waals surface area contributed by atoms with Crippen LogP contribution in [-0.2, 0) is 16.9 Å². The van der Waals surface area contributed by atoms with Gasteiger partial charge in [0.05, 0.1) is 10.4 Å². The zero-order valence-electron chi connectivity index (χ0n) is 14.4. The number of nitro benzene ring substituents is 1. The van der Waals surface area contributed by atoms with Gasteiger partial charge in [0.2, 0.25) is 0 Å². The number of carbonyl (C=O) groups excluding carboxylic acids is 1. The Kier molecular flexibility index (Phi) is 4.95. The number of halogens is 3. The van der Waals surface area contributed by atoms with E-state index in [2.05, 4.69) is 0 Å². The Balaban J connectivity index is 2.26. The van der Waals surface area contributed by atoms with Gasteiger partial charge < -0.3 is 14.5 Å². The monoisotopic (exact) mass is 392 g/mol. The van der Waals surface area contributed by atoms with Crippen LogP contribution in [0.5, 0.6) is 0 Å². The summed E-state index contributed by atoms with van der Waals surface area (Å²) in [5.41, 5.74) is -3.30. The third-order valence-electron chi connectivity index (χ3n) is 4.57. The number of non-ortho nitro benzene ring substituents is 1. The molecule has 0 saturated heterocycles. The number of nitro groups is 1. The Labute approximate surface area is 157 Å². The van der Waals surface area contributed by atoms with Crippen LogP contribution >= 0.6 is 0 Å². The first kappa shape index (κ1) is 19.6. The van der Waals surface area contributed by atoms with Gasteiger partial charge in [0.1, 0.15) is 6.29 Å². The van der Waals surface area contributed by atoms with Gasteiger partial charge in [-0.05, 0) is 11.6 Å². The highest BCUT2D eigenvalue weighted by Gasteiger charge is 2.56. The minimum Gasteiger partial charge on any atom is -0.376 e. The number of aromatic nitrogens is 1. The number of fused-ring (bicyclic) bond motifs is 1. The number of hydrogen-bond donors (Lipinski definition) is 1. The smallest absolute Gasteiger partial charge is 0.376 e. The SMILES string of the molecule is O=CCC(O)(c1cn(Cc2ccccc2)c2cc([N+](=O)[O-])ccc12)C(F)(F)F. The predicted molar refractivity (Wildman–Crippen MR) is 94.8 cm³/mol. The van der Waals surface area contributed by atoms with Gasteiger partial charge in [0.25, 0.3) is 5.69 Å². The molecule has 1 unspecified atom stereocenters. The lowest BCUT2D eigenvalue weighted by Crippen LogP contribution is -2.42. The van der Waals surface area contributed by atoms with Gasteiger partial charge in [-0.25, -0.2) is 0 Å². The third-order valence-corrected chi connectivity index (χ3v) is 4.57. The van der Waals surface area contributed by atoms with Crippen LogP contribution in [0.3, 0.4) is 0 Å². The summed E-state index contributed by atoms with van der Waals surface area (Å²) in [4.78, 5) is 21.3. The number of hydrogen-bond acceptors (Lipinski definition) is 4. The van der Waals surface area contributed by atoms with Crippen molar-refractivity contribution in [1.82, 2.24) is 4.57 Å². The molecule has 0 aliphatic rings. The van der Waals surface area contributed by atoms with Crippen molar-refractivity contribution in [3.05, 3.63) is 76.0 Å². The third kappa shape index (κ3) is 3.36. The van der Waals surface area contributed by atoms with Crippen molar-refractivity contribution in [3.63, 3.8) is 0 Å². The average molecular weight is 392 g/mol. The summed E-state index contributed by atoms with van der Waals surface area (Å²) in [5, 5.41) is 21.5. The number of carbonyl (C=O) groups is 1. The molecule has 0 aliphatic heterocycles. The van der Waals surface area contributed by atoms with Crippen LogP contribution in [0.15, 0.2) is 54.7 Å². The summed E-state index contributed by atoms with van der Waals surface area (Å²) in [6, 6.07) is 12.2.